The van der Waals surface area contributed by atoms with Crippen LogP contribution in [0, 0.1) is 5.95 Å². The largest absolute Gasteiger partial charge is 0.324 e. The zero-order valence-corrected chi connectivity index (χ0v) is 21.3. The third-order valence-electron chi connectivity index (χ3n) is 7.75. The Morgan fingerprint density at radius 1 is 1.11 bits per heavy atom. The highest BCUT2D eigenvalue weighted by molar-refractivity contribution is 6.32. The van der Waals surface area contributed by atoms with Gasteiger partial charge in [-0.05, 0) is 39.2 Å². The molecule has 0 radical (unpaired) electrons. The van der Waals surface area contributed by atoms with E-state index in [0.717, 1.165) is 24.1 Å². The van der Waals surface area contributed by atoms with Crippen LogP contribution in [0.2, 0.25) is 5.02 Å². The number of anilines is 1. The van der Waals surface area contributed by atoms with Crippen molar-refractivity contribution in [2.75, 3.05) is 5.32 Å². The molecule has 5 heterocycles. The maximum atomic E-state index is 14.2. The maximum Gasteiger partial charge on any atom is 0.235 e. The molecular formula is C25H22ClFN10O. The fourth-order valence-electron chi connectivity index (χ4n) is 5.34. The van der Waals surface area contributed by atoms with E-state index in [1.165, 1.54) is 34.0 Å². The molecular weight excluding hydrogens is 511 g/mol. The highest BCUT2D eigenvalue weighted by atomic mass is 35.5. The van der Waals surface area contributed by atoms with Crippen LogP contribution >= 0.6 is 11.6 Å². The first-order chi connectivity index (χ1) is 18.2. The van der Waals surface area contributed by atoms with Crippen LogP contribution in [-0.2, 0) is 15.7 Å². The van der Waals surface area contributed by atoms with Gasteiger partial charge >= 0.3 is 0 Å². The van der Waals surface area contributed by atoms with Gasteiger partial charge in [-0.2, -0.15) is 19.7 Å². The van der Waals surface area contributed by atoms with Crippen molar-refractivity contribution in [3.63, 3.8) is 0 Å². The van der Waals surface area contributed by atoms with Crippen molar-refractivity contribution in [1.29, 1.82) is 0 Å². The molecule has 1 N–H and O–H groups in total. The fourth-order valence-corrected chi connectivity index (χ4v) is 5.59. The van der Waals surface area contributed by atoms with Gasteiger partial charge in [0.05, 0.1) is 52.6 Å². The number of nitrogens with one attached hydrogen (secondary N) is 1. The smallest absolute Gasteiger partial charge is 0.235 e. The van der Waals surface area contributed by atoms with Crippen molar-refractivity contribution in [3.05, 3.63) is 77.1 Å². The fraction of sp³-hybridized carbons (Fsp3) is 0.320. The van der Waals surface area contributed by atoms with E-state index < -0.39 is 17.3 Å². The number of hydrogen-bond donors (Lipinski definition) is 1. The lowest BCUT2D eigenvalue weighted by molar-refractivity contribution is -0.117. The van der Waals surface area contributed by atoms with Crippen molar-refractivity contribution in [2.45, 2.75) is 50.0 Å². The second-order valence-corrected chi connectivity index (χ2v) is 10.8. The molecule has 0 aromatic carbocycles. The molecule has 2 aliphatic rings. The molecule has 13 heteroatoms. The number of carbonyl (C=O) groups excluding carboxylic acids is 1. The van der Waals surface area contributed by atoms with E-state index in [1.807, 2.05) is 24.0 Å². The van der Waals surface area contributed by atoms with Gasteiger partial charge in [0.1, 0.15) is 0 Å². The summed E-state index contributed by atoms with van der Waals surface area (Å²) in [5.74, 6) is -1.12. The third kappa shape index (κ3) is 3.43. The topological polar surface area (TPSA) is 121 Å². The number of pyridine rings is 1. The number of carbonyl (C=O) groups is 1. The monoisotopic (exact) mass is 532 g/mol. The number of fused-ring (bicyclic) bond motifs is 3. The molecule has 2 aliphatic carbocycles. The van der Waals surface area contributed by atoms with Gasteiger partial charge in [-0.1, -0.05) is 11.6 Å². The summed E-state index contributed by atoms with van der Waals surface area (Å²) in [5, 5.41) is 20.0. The number of rotatable bonds is 5. The number of halogens is 2. The molecule has 7 rings (SSSR count). The second kappa shape index (κ2) is 7.90. The molecule has 5 aromatic heterocycles. The van der Waals surface area contributed by atoms with E-state index in [2.05, 4.69) is 42.6 Å². The van der Waals surface area contributed by atoms with Crippen molar-refractivity contribution >= 4 is 28.8 Å². The minimum atomic E-state index is -0.661. The van der Waals surface area contributed by atoms with E-state index in [9.17, 15) is 9.18 Å². The first-order valence-electron chi connectivity index (χ1n) is 12.2. The van der Waals surface area contributed by atoms with Crippen LogP contribution in [0.1, 0.15) is 55.8 Å². The molecule has 0 bridgehead atoms. The Morgan fingerprint density at radius 3 is 2.63 bits per heavy atom. The van der Waals surface area contributed by atoms with Gasteiger partial charge in [-0.3, -0.25) is 9.48 Å². The molecule has 2 unspecified atom stereocenters. The summed E-state index contributed by atoms with van der Waals surface area (Å²) < 4.78 is 17.7. The van der Waals surface area contributed by atoms with E-state index in [1.54, 1.807) is 12.3 Å². The van der Waals surface area contributed by atoms with E-state index >= 15 is 0 Å². The zero-order valence-electron chi connectivity index (χ0n) is 20.5. The van der Waals surface area contributed by atoms with Crippen LogP contribution in [0.5, 0.6) is 0 Å². The van der Waals surface area contributed by atoms with Gasteiger partial charge in [-0.15, -0.1) is 9.90 Å². The lowest BCUT2D eigenvalue weighted by Crippen LogP contribution is -2.25. The van der Waals surface area contributed by atoms with Crippen LogP contribution in [0.4, 0.5) is 10.1 Å². The molecule has 1 amide bonds. The molecule has 2 atom stereocenters. The predicted octanol–water partition coefficient (Wildman–Crippen LogP) is 3.64. The Balaban J connectivity index is 1.26. The second-order valence-electron chi connectivity index (χ2n) is 10.4. The van der Waals surface area contributed by atoms with Gasteiger partial charge in [0.15, 0.2) is 11.5 Å². The van der Waals surface area contributed by atoms with Crippen molar-refractivity contribution in [1.82, 2.24) is 44.4 Å². The Bertz CT molecular complexity index is 1720. The molecule has 38 heavy (non-hydrogen) atoms. The number of nitrogens with zero attached hydrogens (tertiary/aromatic N) is 9. The van der Waals surface area contributed by atoms with Gasteiger partial charge in [0.25, 0.3) is 0 Å². The number of amides is 1. The van der Waals surface area contributed by atoms with Gasteiger partial charge in [0.2, 0.25) is 11.9 Å². The molecule has 11 nitrogen and oxygen atoms in total. The third-order valence-corrected chi connectivity index (χ3v) is 8.03. The molecule has 5 aromatic rings. The quantitative estimate of drug-likeness (QED) is 0.367. The van der Waals surface area contributed by atoms with Crippen LogP contribution in [0.15, 0.2) is 49.3 Å². The first kappa shape index (κ1) is 23.0. The molecule has 1 saturated carbocycles. The van der Waals surface area contributed by atoms with Crippen LogP contribution < -0.4 is 5.32 Å². The Morgan fingerprint density at radius 2 is 1.89 bits per heavy atom. The minimum Gasteiger partial charge on any atom is -0.324 e. The SMILES string of the molecule is CC1(c2cnn(C3(C)CC3)c2)CC(C(=O)Nc2cnc(-n3nccn3)c(Cl)c2)c2cnc3cc(F)nn3c21. The van der Waals surface area contributed by atoms with Crippen LogP contribution in [0.25, 0.3) is 11.5 Å². The summed E-state index contributed by atoms with van der Waals surface area (Å²) in [7, 11) is 0. The van der Waals surface area contributed by atoms with Crippen LogP contribution in [0.3, 0.4) is 0 Å². The Labute approximate surface area is 220 Å². The summed E-state index contributed by atoms with van der Waals surface area (Å²) in [6.07, 6.45) is 12.6. The lowest BCUT2D eigenvalue weighted by atomic mass is 9.80. The van der Waals surface area contributed by atoms with Gasteiger partial charge in [0, 0.05) is 35.0 Å². The highest BCUT2D eigenvalue weighted by Crippen LogP contribution is 2.51. The molecule has 1 fully saturated rings. The molecule has 0 aliphatic heterocycles. The molecule has 0 spiro atoms. The predicted molar refractivity (Wildman–Crippen MR) is 135 cm³/mol. The van der Waals surface area contributed by atoms with Gasteiger partial charge in [-0.25, -0.2) is 14.5 Å². The summed E-state index contributed by atoms with van der Waals surface area (Å²) in [6, 6.07) is 2.89. The first-order valence-corrected chi connectivity index (χ1v) is 12.6. The number of hydrogen-bond acceptors (Lipinski definition) is 7. The lowest BCUT2D eigenvalue weighted by Gasteiger charge is -2.25. The molecule has 0 saturated heterocycles. The maximum absolute atomic E-state index is 14.2. The Hall–Kier alpha value is -4.19. The van der Waals surface area contributed by atoms with E-state index in [4.69, 9.17) is 11.6 Å². The normalized spacial score (nSPS) is 21.5. The summed E-state index contributed by atoms with van der Waals surface area (Å²) in [6.45, 7) is 4.21. The van der Waals surface area contributed by atoms with E-state index in [-0.39, 0.29) is 16.5 Å². The Kier molecular flexibility index (Phi) is 4.78. The van der Waals surface area contributed by atoms with Crippen molar-refractivity contribution in [2.24, 2.45) is 0 Å². The average Bonchev–Trinajstić information content (AvgIpc) is 3.40. The summed E-state index contributed by atoms with van der Waals surface area (Å²) in [4.78, 5) is 23.7. The number of aromatic nitrogens is 9. The van der Waals surface area contributed by atoms with E-state index in [0.29, 0.717) is 29.1 Å². The zero-order chi connectivity index (χ0) is 26.2. The van der Waals surface area contributed by atoms with Gasteiger partial charge < -0.3 is 5.32 Å². The summed E-state index contributed by atoms with van der Waals surface area (Å²) >= 11 is 6.40. The van der Waals surface area contributed by atoms with Crippen molar-refractivity contribution < 1.29 is 9.18 Å². The highest BCUT2D eigenvalue weighted by Gasteiger charge is 2.49. The average molecular weight is 533 g/mol. The minimum absolute atomic E-state index is 0.0162. The van der Waals surface area contributed by atoms with Crippen molar-refractivity contribution in [3.8, 4) is 5.82 Å². The molecule has 192 valence electrons. The van der Waals surface area contributed by atoms with Crippen LogP contribution in [-0.4, -0.2) is 50.3 Å². The standard InChI is InChI=1S/C25H22ClFN10O/c1-24(3-4-24)35-13-14(10-32-35)25(2)9-16(17-12-28-20-8-19(27)34-36(20)21(17)25)23(38)33-15-7-18(26)22(29-11-15)37-30-5-6-31-37/h5-8,10-13,16H,3-4,9H2,1-2H3,(H,33,38). The summed E-state index contributed by atoms with van der Waals surface area (Å²) in [5.41, 5.74) is 2.51.